The van der Waals surface area contributed by atoms with Gasteiger partial charge < -0.3 is 11.1 Å². The molecule has 3 N–H and O–H groups in total. The number of thiophene rings is 1. The van der Waals surface area contributed by atoms with Crippen molar-refractivity contribution in [3.63, 3.8) is 0 Å². The van der Waals surface area contributed by atoms with E-state index in [1.165, 1.54) is 10.4 Å². The summed E-state index contributed by atoms with van der Waals surface area (Å²) in [6.07, 6.45) is 1.03. The molecule has 22 heavy (non-hydrogen) atoms. The lowest BCUT2D eigenvalue weighted by Crippen LogP contribution is -2.44. The number of benzene rings is 1. The molecule has 1 atom stereocenters. The average molecular weight is 315 g/mol. The molecule has 4 nitrogen and oxygen atoms in total. The molecular weight excluding hydrogens is 294 g/mol. The summed E-state index contributed by atoms with van der Waals surface area (Å²) in [5.41, 5.74) is 9.67. The minimum atomic E-state index is -0.158. The van der Waals surface area contributed by atoms with E-state index in [1.54, 1.807) is 0 Å². The van der Waals surface area contributed by atoms with E-state index in [1.807, 2.05) is 43.4 Å². The van der Waals surface area contributed by atoms with Crippen LogP contribution in [0.2, 0.25) is 0 Å². The lowest BCUT2D eigenvalue weighted by Gasteiger charge is -2.31. The number of amides is 1. The second-order valence-electron chi connectivity index (χ2n) is 5.77. The summed E-state index contributed by atoms with van der Waals surface area (Å²) in [5.74, 6) is 0.0207. The fraction of sp³-hybridized carbons (Fsp3) is 0.353. The largest absolute Gasteiger partial charge is 0.398 e. The van der Waals surface area contributed by atoms with Gasteiger partial charge in [0.15, 0.2) is 0 Å². The van der Waals surface area contributed by atoms with Gasteiger partial charge in [-0.25, -0.2) is 0 Å². The maximum Gasteiger partial charge on any atom is 0.241 e. The summed E-state index contributed by atoms with van der Waals surface area (Å²) in [6.45, 7) is 5.67. The minimum Gasteiger partial charge on any atom is -0.398 e. The average Bonchev–Trinajstić information content (AvgIpc) is 2.98. The Balaban J connectivity index is 1.69. The molecule has 5 heteroatoms. The predicted octanol–water partition coefficient (Wildman–Crippen LogP) is 3.02. The maximum atomic E-state index is 12.5. The maximum absolute atomic E-state index is 12.5. The number of carbonyl (C=O) groups is 1. The van der Waals surface area contributed by atoms with E-state index in [0.717, 1.165) is 30.8 Å². The highest BCUT2D eigenvalue weighted by Gasteiger charge is 2.26. The van der Waals surface area contributed by atoms with Crippen LogP contribution in [0.15, 0.2) is 29.6 Å². The van der Waals surface area contributed by atoms with Crippen LogP contribution in [0.25, 0.3) is 0 Å². The molecule has 0 spiro atoms. The van der Waals surface area contributed by atoms with Crippen molar-refractivity contribution in [2.24, 2.45) is 0 Å². The first-order valence-electron chi connectivity index (χ1n) is 7.51. The fourth-order valence-corrected chi connectivity index (χ4v) is 3.68. The lowest BCUT2D eigenvalue weighted by molar-refractivity contribution is -0.121. The monoisotopic (exact) mass is 315 g/mol. The first-order chi connectivity index (χ1) is 10.6. The first-order valence-corrected chi connectivity index (χ1v) is 8.39. The van der Waals surface area contributed by atoms with Crippen molar-refractivity contribution in [1.29, 1.82) is 0 Å². The molecule has 1 unspecified atom stereocenters. The number of anilines is 2. The molecule has 1 aromatic heterocycles. The third-order valence-corrected chi connectivity index (χ3v) is 5.42. The first kappa shape index (κ1) is 15.1. The van der Waals surface area contributed by atoms with Crippen LogP contribution in [-0.2, 0) is 17.8 Å². The fourth-order valence-electron chi connectivity index (χ4n) is 2.79. The Kier molecular flexibility index (Phi) is 4.18. The van der Waals surface area contributed by atoms with Gasteiger partial charge in [-0.15, -0.1) is 11.3 Å². The van der Waals surface area contributed by atoms with E-state index in [2.05, 4.69) is 21.7 Å². The second kappa shape index (κ2) is 6.10. The van der Waals surface area contributed by atoms with Gasteiger partial charge in [-0.2, -0.15) is 0 Å². The van der Waals surface area contributed by atoms with Crippen molar-refractivity contribution in [1.82, 2.24) is 4.90 Å². The van der Waals surface area contributed by atoms with Crippen LogP contribution in [0.5, 0.6) is 0 Å². The van der Waals surface area contributed by atoms with Gasteiger partial charge in [-0.1, -0.05) is 6.07 Å². The third-order valence-electron chi connectivity index (χ3n) is 4.40. The number of nitrogens with zero attached hydrogens (tertiary/aromatic N) is 1. The Labute approximate surface area is 134 Å². The van der Waals surface area contributed by atoms with Crippen molar-refractivity contribution in [2.45, 2.75) is 32.9 Å². The molecule has 3 rings (SSSR count). The van der Waals surface area contributed by atoms with Crippen molar-refractivity contribution in [3.8, 4) is 0 Å². The van der Waals surface area contributed by atoms with Gasteiger partial charge in [-0.05, 0) is 55.0 Å². The molecule has 0 saturated carbocycles. The highest BCUT2D eigenvalue weighted by atomic mass is 32.1. The molecule has 0 saturated heterocycles. The molecule has 2 aromatic rings. The number of hydrogen-bond donors (Lipinski definition) is 2. The van der Waals surface area contributed by atoms with Crippen molar-refractivity contribution in [3.05, 3.63) is 45.6 Å². The number of nitrogens with one attached hydrogen (secondary N) is 1. The second-order valence-corrected chi connectivity index (χ2v) is 6.78. The number of fused-ring (bicyclic) bond motifs is 1. The number of hydrogen-bond acceptors (Lipinski definition) is 4. The van der Waals surface area contributed by atoms with E-state index in [0.29, 0.717) is 5.69 Å². The highest BCUT2D eigenvalue weighted by Crippen LogP contribution is 2.26. The van der Waals surface area contributed by atoms with Crippen LogP contribution < -0.4 is 11.1 Å². The summed E-state index contributed by atoms with van der Waals surface area (Å²) in [6, 6.07) is 7.61. The summed E-state index contributed by atoms with van der Waals surface area (Å²) in [4.78, 5) is 16.2. The predicted molar refractivity (Wildman–Crippen MR) is 92.1 cm³/mol. The van der Waals surface area contributed by atoms with Crippen LogP contribution in [0.4, 0.5) is 11.4 Å². The normalized spacial score (nSPS) is 16.1. The number of carbonyl (C=O) groups excluding carboxylic acids is 1. The van der Waals surface area contributed by atoms with Crippen LogP contribution in [0.1, 0.15) is 22.9 Å². The Morgan fingerprint density at radius 1 is 1.41 bits per heavy atom. The molecule has 0 bridgehead atoms. The van der Waals surface area contributed by atoms with E-state index in [9.17, 15) is 4.79 Å². The van der Waals surface area contributed by atoms with Gasteiger partial charge in [0.2, 0.25) is 5.91 Å². The summed E-state index contributed by atoms with van der Waals surface area (Å²) in [5, 5.41) is 5.14. The quantitative estimate of drug-likeness (QED) is 0.856. The molecule has 0 radical (unpaired) electrons. The zero-order valence-corrected chi connectivity index (χ0v) is 13.7. The SMILES string of the molecule is Cc1c(N)cccc1NC(=O)C(C)N1CCc2sccc2C1. The molecule has 1 aliphatic heterocycles. The van der Waals surface area contributed by atoms with E-state index < -0.39 is 0 Å². The molecule has 0 fully saturated rings. The zero-order chi connectivity index (χ0) is 15.7. The number of nitrogens with two attached hydrogens (primary N) is 1. The van der Waals surface area contributed by atoms with Crippen LogP contribution in [-0.4, -0.2) is 23.4 Å². The summed E-state index contributed by atoms with van der Waals surface area (Å²) < 4.78 is 0. The third kappa shape index (κ3) is 2.87. The Morgan fingerprint density at radius 2 is 2.23 bits per heavy atom. The van der Waals surface area contributed by atoms with Crippen molar-refractivity contribution in [2.75, 3.05) is 17.6 Å². The molecule has 0 aliphatic carbocycles. The molecule has 1 aliphatic rings. The van der Waals surface area contributed by atoms with E-state index in [-0.39, 0.29) is 11.9 Å². The Hall–Kier alpha value is -1.85. The van der Waals surface area contributed by atoms with Crippen LogP contribution >= 0.6 is 11.3 Å². The molecule has 1 aromatic carbocycles. The number of rotatable bonds is 3. The van der Waals surface area contributed by atoms with Crippen LogP contribution in [0, 0.1) is 6.92 Å². The van der Waals surface area contributed by atoms with Gasteiger partial charge in [0.1, 0.15) is 0 Å². The van der Waals surface area contributed by atoms with E-state index in [4.69, 9.17) is 5.73 Å². The Morgan fingerprint density at radius 3 is 3.05 bits per heavy atom. The Bertz CT molecular complexity index is 695. The van der Waals surface area contributed by atoms with Gasteiger partial charge in [-0.3, -0.25) is 9.69 Å². The van der Waals surface area contributed by atoms with Crippen LogP contribution in [0.3, 0.4) is 0 Å². The van der Waals surface area contributed by atoms with Gasteiger partial charge in [0.25, 0.3) is 0 Å². The van der Waals surface area contributed by atoms with E-state index >= 15 is 0 Å². The van der Waals surface area contributed by atoms with Gasteiger partial charge in [0.05, 0.1) is 6.04 Å². The summed E-state index contributed by atoms with van der Waals surface area (Å²) >= 11 is 1.81. The smallest absolute Gasteiger partial charge is 0.241 e. The molecule has 1 amide bonds. The zero-order valence-electron chi connectivity index (χ0n) is 12.9. The van der Waals surface area contributed by atoms with Crippen molar-refractivity contribution < 1.29 is 4.79 Å². The molecular formula is C17H21N3OS. The minimum absolute atomic E-state index is 0.0207. The molecule has 2 heterocycles. The topological polar surface area (TPSA) is 58.4 Å². The number of nitrogen functional groups attached to an aromatic ring is 1. The van der Waals surface area contributed by atoms with Crippen molar-refractivity contribution >= 4 is 28.6 Å². The van der Waals surface area contributed by atoms with Gasteiger partial charge >= 0.3 is 0 Å². The van der Waals surface area contributed by atoms with Gasteiger partial charge in [0, 0.05) is 29.3 Å². The summed E-state index contributed by atoms with van der Waals surface area (Å²) in [7, 11) is 0. The molecule has 116 valence electrons. The standard InChI is InChI=1S/C17H21N3OS/c1-11-14(18)4-3-5-15(11)19-17(21)12(2)20-8-6-16-13(10-20)7-9-22-16/h3-5,7,9,12H,6,8,10,18H2,1-2H3,(H,19,21). The highest BCUT2D eigenvalue weighted by molar-refractivity contribution is 7.10. The lowest BCUT2D eigenvalue weighted by atomic mass is 10.1.